The zero-order valence-electron chi connectivity index (χ0n) is 15.5. The van der Waals surface area contributed by atoms with Gasteiger partial charge in [-0.25, -0.2) is 4.68 Å². The van der Waals surface area contributed by atoms with Crippen molar-refractivity contribution in [3.63, 3.8) is 0 Å². The van der Waals surface area contributed by atoms with Crippen LogP contribution in [0.25, 0.3) is 0 Å². The second-order valence-corrected chi connectivity index (χ2v) is 6.82. The molecule has 0 aliphatic heterocycles. The highest BCUT2D eigenvalue weighted by molar-refractivity contribution is 9.10. The monoisotopic (exact) mass is 445 g/mol. The summed E-state index contributed by atoms with van der Waals surface area (Å²) in [6.45, 7) is 2.24. The van der Waals surface area contributed by atoms with Crippen molar-refractivity contribution in [2.24, 2.45) is 0 Å². The van der Waals surface area contributed by atoms with Gasteiger partial charge in [0, 0.05) is 15.7 Å². The van der Waals surface area contributed by atoms with Gasteiger partial charge in [-0.05, 0) is 31.2 Å². The lowest BCUT2D eigenvalue weighted by atomic mass is 10.2. The number of amides is 1. The Labute approximate surface area is 171 Å². The molecule has 0 spiro atoms. The average Bonchev–Trinajstić information content (AvgIpc) is 3.21. The van der Waals surface area contributed by atoms with E-state index in [9.17, 15) is 4.79 Å². The Morgan fingerprint density at radius 3 is 2.54 bits per heavy atom. The minimum atomic E-state index is -0.261. The molecular weight excluding hydrogens is 426 g/mol. The van der Waals surface area contributed by atoms with Crippen LogP contribution >= 0.6 is 15.9 Å². The second-order valence-electron chi connectivity index (χ2n) is 5.96. The molecule has 3 rings (SSSR count). The van der Waals surface area contributed by atoms with Gasteiger partial charge in [0.2, 0.25) is 0 Å². The van der Waals surface area contributed by atoms with Gasteiger partial charge in [-0.1, -0.05) is 33.6 Å². The highest BCUT2D eigenvalue weighted by Gasteiger charge is 2.16. The van der Waals surface area contributed by atoms with Gasteiger partial charge in [0.05, 0.1) is 13.7 Å². The Balaban J connectivity index is 1.71. The fourth-order valence-corrected chi connectivity index (χ4v) is 2.94. The van der Waals surface area contributed by atoms with E-state index in [-0.39, 0.29) is 12.5 Å². The fraction of sp³-hybridized carbons (Fsp3) is 0.211. The van der Waals surface area contributed by atoms with Crippen LogP contribution < -0.4 is 20.2 Å². The number of aromatic nitrogens is 3. The first-order valence-corrected chi connectivity index (χ1v) is 9.29. The molecule has 2 aromatic carbocycles. The van der Waals surface area contributed by atoms with Gasteiger partial charge in [0.25, 0.3) is 5.91 Å². The number of benzene rings is 2. The number of ether oxygens (including phenoxy) is 2. The van der Waals surface area contributed by atoms with E-state index in [2.05, 4.69) is 36.9 Å². The molecule has 0 aliphatic carbocycles. The minimum absolute atomic E-state index is 0.152. The Morgan fingerprint density at radius 1 is 1.14 bits per heavy atom. The molecule has 146 valence electrons. The predicted molar refractivity (Wildman–Crippen MR) is 109 cm³/mol. The lowest BCUT2D eigenvalue weighted by molar-refractivity contribution is -0.118. The maximum atomic E-state index is 12.3. The minimum Gasteiger partial charge on any atom is -0.493 e. The Morgan fingerprint density at radius 2 is 1.86 bits per heavy atom. The van der Waals surface area contributed by atoms with Gasteiger partial charge in [-0.2, -0.15) is 0 Å². The summed E-state index contributed by atoms with van der Waals surface area (Å²) in [6, 6.07) is 11.2. The number of anilines is 1. The van der Waals surface area contributed by atoms with E-state index in [1.165, 1.54) is 0 Å². The molecule has 0 atom stereocenters. The molecule has 1 aromatic heterocycles. The molecule has 0 aliphatic rings. The van der Waals surface area contributed by atoms with Crippen LogP contribution in [0, 0.1) is 6.92 Å². The van der Waals surface area contributed by atoms with E-state index in [1.54, 1.807) is 30.5 Å². The molecule has 1 amide bonds. The van der Waals surface area contributed by atoms with E-state index in [0.717, 1.165) is 21.3 Å². The van der Waals surface area contributed by atoms with Crippen LogP contribution in [0.4, 0.5) is 5.69 Å². The third-order valence-corrected chi connectivity index (χ3v) is 4.67. The summed E-state index contributed by atoms with van der Waals surface area (Å²) in [5.74, 6) is 0.756. The molecule has 2 N–H and O–H groups in total. The number of nitrogens with zero attached hydrogens (tertiary/aromatic N) is 3. The number of hydrogen-bond acceptors (Lipinski definition) is 6. The normalized spacial score (nSPS) is 10.4. The van der Waals surface area contributed by atoms with Gasteiger partial charge < -0.3 is 20.2 Å². The molecule has 0 bridgehead atoms. The molecule has 0 saturated heterocycles. The lowest BCUT2D eigenvalue weighted by Gasteiger charge is -2.17. The largest absolute Gasteiger partial charge is 0.493 e. The smallest absolute Gasteiger partial charge is 0.262 e. The van der Waals surface area contributed by atoms with E-state index < -0.39 is 0 Å². The van der Waals surface area contributed by atoms with Crippen molar-refractivity contribution >= 4 is 27.5 Å². The maximum Gasteiger partial charge on any atom is 0.262 e. The third-order valence-electron chi connectivity index (χ3n) is 3.93. The summed E-state index contributed by atoms with van der Waals surface area (Å²) >= 11 is 3.53. The second kappa shape index (κ2) is 9.23. The first kappa shape index (κ1) is 19.7. The summed E-state index contributed by atoms with van der Waals surface area (Å²) in [5, 5.41) is 10.3. The van der Waals surface area contributed by atoms with Crippen LogP contribution in [0.15, 0.2) is 53.5 Å². The van der Waals surface area contributed by atoms with Crippen molar-refractivity contribution < 1.29 is 14.3 Å². The van der Waals surface area contributed by atoms with E-state index >= 15 is 0 Å². The molecule has 0 radical (unpaired) electrons. The Bertz CT molecular complexity index is 929. The summed E-state index contributed by atoms with van der Waals surface area (Å²) in [4.78, 5) is 12.3. The van der Waals surface area contributed by atoms with Crippen LogP contribution in [-0.4, -0.2) is 34.5 Å². The molecule has 28 heavy (non-hydrogen) atoms. The summed E-state index contributed by atoms with van der Waals surface area (Å²) in [5.41, 5.74) is 5.77. The number of aryl methyl sites for hydroxylation is 1. The molecule has 0 fully saturated rings. The SMILES string of the molecule is COc1ccc(Br)c(CNn2cnnc2)c1OCC(=O)Nc1ccc(C)cc1. The van der Waals surface area contributed by atoms with Gasteiger partial charge in [-0.15, -0.1) is 10.2 Å². The maximum absolute atomic E-state index is 12.3. The molecule has 8 nitrogen and oxygen atoms in total. The van der Waals surface area contributed by atoms with Crippen molar-refractivity contribution in [3.05, 3.63) is 64.7 Å². The van der Waals surface area contributed by atoms with E-state index in [0.29, 0.717) is 18.0 Å². The van der Waals surface area contributed by atoms with Gasteiger partial charge in [0.1, 0.15) is 12.7 Å². The number of methoxy groups -OCH3 is 1. The van der Waals surface area contributed by atoms with Crippen molar-refractivity contribution in [1.82, 2.24) is 14.9 Å². The van der Waals surface area contributed by atoms with Crippen molar-refractivity contribution in [2.75, 3.05) is 24.5 Å². The molecule has 0 saturated carbocycles. The van der Waals surface area contributed by atoms with E-state index in [4.69, 9.17) is 9.47 Å². The topological polar surface area (TPSA) is 90.3 Å². The van der Waals surface area contributed by atoms with Crippen LogP contribution in [0.1, 0.15) is 11.1 Å². The third kappa shape index (κ3) is 5.01. The van der Waals surface area contributed by atoms with Gasteiger partial charge in [-0.3, -0.25) is 4.79 Å². The first-order chi connectivity index (χ1) is 13.6. The number of carbonyl (C=O) groups excluding carboxylic acids is 1. The summed E-state index contributed by atoms with van der Waals surface area (Å²) in [7, 11) is 1.56. The molecule has 1 heterocycles. The average molecular weight is 446 g/mol. The zero-order valence-corrected chi connectivity index (χ0v) is 17.1. The Kier molecular flexibility index (Phi) is 6.49. The predicted octanol–water partition coefficient (Wildman–Crippen LogP) is 3.12. The van der Waals surface area contributed by atoms with Crippen LogP contribution in [0.5, 0.6) is 11.5 Å². The highest BCUT2D eigenvalue weighted by atomic mass is 79.9. The van der Waals surface area contributed by atoms with Crippen molar-refractivity contribution in [2.45, 2.75) is 13.5 Å². The van der Waals surface area contributed by atoms with E-state index in [1.807, 2.05) is 37.3 Å². The quantitative estimate of drug-likeness (QED) is 0.553. The highest BCUT2D eigenvalue weighted by Crippen LogP contribution is 2.36. The van der Waals surface area contributed by atoms with Crippen LogP contribution in [0.2, 0.25) is 0 Å². The fourth-order valence-electron chi connectivity index (χ4n) is 2.49. The summed E-state index contributed by atoms with van der Waals surface area (Å²) in [6.07, 6.45) is 3.09. The number of hydrogen-bond donors (Lipinski definition) is 2. The number of nitrogens with one attached hydrogen (secondary N) is 2. The van der Waals surface area contributed by atoms with Crippen molar-refractivity contribution in [1.29, 1.82) is 0 Å². The van der Waals surface area contributed by atoms with Gasteiger partial charge in [0.15, 0.2) is 18.1 Å². The lowest BCUT2D eigenvalue weighted by Crippen LogP contribution is -2.21. The number of carbonyl (C=O) groups is 1. The first-order valence-electron chi connectivity index (χ1n) is 8.50. The zero-order chi connectivity index (χ0) is 19.9. The number of halogens is 1. The van der Waals surface area contributed by atoms with Gasteiger partial charge >= 0.3 is 0 Å². The molecular formula is C19H20BrN5O3. The molecule has 3 aromatic rings. The van der Waals surface area contributed by atoms with Crippen molar-refractivity contribution in [3.8, 4) is 11.5 Å². The standard InChI is InChI=1S/C19H20BrN5O3/c1-13-3-5-14(6-4-13)24-18(26)10-28-19-15(9-23-25-11-21-22-12-25)16(20)7-8-17(19)27-2/h3-8,11-12,23H,9-10H2,1-2H3,(H,24,26). The molecule has 0 unspecified atom stereocenters. The molecule has 9 heteroatoms. The summed E-state index contributed by atoms with van der Waals surface area (Å²) < 4.78 is 13.7. The van der Waals surface area contributed by atoms with Crippen LogP contribution in [-0.2, 0) is 11.3 Å². The Hall–Kier alpha value is -3.07. The number of rotatable bonds is 8. The van der Waals surface area contributed by atoms with Crippen LogP contribution in [0.3, 0.4) is 0 Å².